The number of benzene rings is 1. The van der Waals surface area contributed by atoms with Gasteiger partial charge < -0.3 is 5.32 Å². The number of nitrogens with zero attached hydrogens (tertiary/aromatic N) is 4. The maximum absolute atomic E-state index is 4.70. The van der Waals surface area contributed by atoms with Crippen molar-refractivity contribution in [3.63, 3.8) is 0 Å². The van der Waals surface area contributed by atoms with E-state index in [4.69, 9.17) is 5.10 Å². The molecule has 2 aromatic heterocycles. The van der Waals surface area contributed by atoms with E-state index in [0.717, 1.165) is 48.7 Å². The summed E-state index contributed by atoms with van der Waals surface area (Å²) in [5.41, 5.74) is 7.90. The normalized spacial score (nSPS) is 11.4. The van der Waals surface area contributed by atoms with Crippen molar-refractivity contribution in [1.82, 2.24) is 25.1 Å². The molecule has 3 rings (SSSR count). The standard InChI is InChI=1S/C20H27N5/c1-6-21-9-7-8-17-12-16(5)24-25-19(17)22-23-20(25)18-14(3)10-13(2)11-15(18)4/h10-12,21H,6-9H2,1-5H3. The van der Waals surface area contributed by atoms with Crippen molar-refractivity contribution in [3.8, 4) is 11.4 Å². The monoisotopic (exact) mass is 337 g/mol. The van der Waals surface area contributed by atoms with E-state index in [1.54, 1.807) is 0 Å². The minimum absolute atomic E-state index is 0.835. The molecule has 0 saturated heterocycles. The van der Waals surface area contributed by atoms with Gasteiger partial charge in [-0.2, -0.15) is 9.61 Å². The average molecular weight is 337 g/mol. The van der Waals surface area contributed by atoms with Crippen molar-refractivity contribution < 1.29 is 0 Å². The first-order chi connectivity index (χ1) is 12.0. The molecular weight excluding hydrogens is 310 g/mol. The molecule has 0 spiro atoms. The molecule has 0 amide bonds. The predicted molar refractivity (Wildman–Crippen MR) is 102 cm³/mol. The fourth-order valence-electron chi connectivity index (χ4n) is 3.53. The third-order valence-electron chi connectivity index (χ3n) is 4.52. The van der Waals surface area contributed by atoms with Crippen LogP contribution in [0.2, 0.25) is 0 Å². The number of fused-ring (bicyclic) bond motifs is 1. The summed E-state index contributed by atoms with van der Waals surface area (Å²) in [6.07, 6.45) is 2.06. The quantitative estimate of drug-likeness (QED) is 0.699. The topological polar surface area (TPSA) is 55.1 Å². The molecule has 0 bridgehead atoms. The fourth-order valence-corrected chi connectivity index (χ4v) is 3.53. The summed E-state index contributed by atoms with van der Waals surface area (Å²) >= 11 is 0. The van der Waals surface area contributed by atoms with Gasteiger partial charge >= 0.3 is 0 Å². The number of aryl methyl sites for hydroxylation is 5. The maximum atomic E-state index is 4.70. The Morgan fingerprint density at radius 1 is 1.00 bits per heavy atom. The van der Waals surface area contributed by atoms with Crippen LogP contribution in [-0.2, 0) is 6.42 Å². The van der Waals surface area contributed by atoms with Gasteiger partial charge in [-0.1, -0.05) is 24.6 Å². The summed E-state index contributed by atoms with van der Waals surface area (Å²) < 4.78 is 1.92. The maximum Gasteiger partial charge on any atom is 0.185 e. The molecule has 0 saturated carbocycles. The highest BCUT2D eigenvalue weighted by atomic mass is 15.4. The third-order valence-corrected chi connectivity index (χ3v) is 4.52. The lowest BCUT2D eigenvalue weighted by atomic mass is 9.99. The molecule has 1 aromatic carbocycles. The molecule has 3 aromatic rings. The smallest absolute Gasteiger partial charge is 0.185 e. The van der Waals surface area contributed by atoms with Crippen molar-refractivity contribution in [2.24, 2.45) is 0 Å². The Balaban J connectivity index is 2.06. The molecule has 132 valence electrons. The Morgan fingerprint density at radius 3 is 2.40 bits per heavy atom. The molecule has 1 N–H and O–H groups in total. The van der Waals surface area contributed by atoms with E-state index >= 15 is 0 Å². The first-order valence-corrected chi connectivity index (χ1v) is 9.02. The second-order valence-corrected chi connectivity index (χ2v) is 6.80. The van der Waals surface area contributed by atoms with Crippen molar-refractivity contribution in [3.05, 3.63) is 46.1 Å². The van der Waals surface area contributed by atoms with Gasteiger partial charge in [-0.3, -0.25) is 0 Å². The largest absolute Gasteiger partial charge is 0.317 e. The highest BCUT2D eigenvalue weighted by Crippen LogP contribution is 2.28. The minimum Gasteiger partial charge on any atom is -0.317 e. The Morgan fingerprint density at radius 2 is 1.72 bits per heavy atom. The summed E-state index contributed by atoms with van der Waals surface area (Å²) in [5, 5.41) is 17.0. The lowest BCUT2D eigenvalue weighted by Crippen LogP contribution is -2.14. The molecule has 0 aliphatic heterocycles. The van der Waals surface area contributed by atoms with E-state index in [0.29, 0.717) is 0 Å². The molecule has 25 heavy (non-hydrogen) atoms. The second-order valence-electron chi connectivity index (χ2n) is 6.80. The van der Waals surface area contributed by atoms with Gasteiger partial charge in [-0.25, -0.2) is 0 Å². The number of rotatable bonds is 6. The van der Waals surface area contributed by atoms with Crippen molar-refractivity contribution in [1.29, 1.82) is 0 Å². The molecule has 0 atom stereocenters. The van der Waals surface area contributed by atoms with Crippen LogP contribution in [0.25, 0.3) is 17.0 Å². The predicted octanol–water partition coefficient (Wildman–Crippen LogP) is 3.57. The number of nitrogens with one attached hydrogen (secondary N) is 1. The third kappa shape index (κ3) is 3.56. The van der Waals surface area contributed by atoms with Crippen LogP contribution in [0.5, 0.6) is 0 Å². The van der Waals surface area contributed by atoms with Crippen LogP contribution in [0.4, 0.5) is 0 Å². The summed E-state index contributed by atoms with van der Waals surface area (Å²) in [5.74, 6) is 0.835. The first-order valence-electron chi connectivity index (χ1n) is 9.02. The molecule has 0 fully saturated rings. The zero-order chi connectivity index (χ0) is 18.0. The molecule has 0 radical (unpaired) electrons. The van der Waals surface area contributed by atoms with E-state index in [1.807, 2.05) is 11.4 Å². The molecule has 0 aliphatic carbocycles. The molecular formula is C20H27N5. The lowest BCUT2D eigenvalue weighted by molar-refractivity contribution is 0.671. The first kappa shape index (κ1) is 17.5. The second kappa shape index (κ2) is 7.31. The van der Waals surface area contributed by atoms with Crippen LogP contribution in [0.1, 0.15) is 41.3 Å². The zero-order valence-corrected chi connectivity index (χ0v) is 15.8. The number of hydrogen-bond donors (Lipinski definition) is 1. The average Bonchev–Trinajstić information content (AvgIpc) is 2.94. The summed E-state index contributed by atoms with van der Waals surface area (Å²) in [4.78, 5) is 0. The van der Waals surface area contributed by atoms with Gasteiger partial charge in [0.25, 0.3) is 0 Å². The van der Waals surface area contributed by atoms with Gasteiger partial charge in [0.2, 0.25) is 0 Å². The summed E-state index contributed by atoms with van der Waals surface area (Å²) in [6.45, 7) is 12.6. The Kier molecular flexibility index (Phi) is 5.13. The molecule has 2 heterocycles. The highest BCUT2D eigenvalue weighted by molar-refractivity contribution is 5.68. The lowest BCUT2D eigenvalue weighted by Gasteiger charge is -2.10. The molecule has 0 unspecified atom stereocenters. The summed E-state index contributed by atoms with van der Waals surface area (Å²) in [7, 11) is 0. The number of hydrogen-bond acceptors (Lipinski definition) is 4. The van der Waals surface area contributed by atoms with E-state index in [2.05, 4.69) is 61.4 Å². The van der Waals surface area contributed by atoms with Gasteiger partial charge in [0.1, 0.15) is 0 Å². The Labute approximate surface area is 149 Å². The van der Waals surface area contributed by atoms with Gasteiger partial charge in [0.05, 0.1) is 5.69 Å². The van der Waals surface area contributed by atoms with Gasteiger partial charge in [-0.15, -0.1) is 10.2 Å². The van der Waals surface area contributed by atoms with E-state index < -0.39 is 0 Å². The minimum atomic E-state index is 0.835. The van der Waals surface area contributed by atoms with Gasteiger partial charge in [0.15, 0.2) is 11.5 Å². The van der Waals surface area contributed by atoms with Crippen molar-refractivity contribution in [2.45, 2.75) is 47.5 Å². The summed E-state index contributed by atoms with van der Waals surface area (Å²) in [6, 6.07) is 6.52. The zero-order valence-electron chi connectivity index (χ0n) is 15.8. The highest BCUT2D eigenvalue weighted by Gasteiger charge is 2.17. The van der Waals surface area contributed by atoms with Crippen molar-refractivity contribution >= 4 is 5.65 Å². The van der Waals surface area contributed by atoms with Crippen molar-refractivity contribution in [2.75, 3.05) is 13.1 Å². The number of aromatic nitrogens is 4. The van der Waals surface area contributed by atoms with Gasteiger partial charge in [-0.05, 0) is 70.8 Å². The van der Waals surface area contributed by atoms with E-state index in [9.17, 15) is 0 Å². The van der Waals surface area contributed by atoms with Gasteiger partial charge in [0, 0.05) is 11.1 Å². The van der Waals surface area contributed by atoms with Crippen LogP contribution < -0.4 is 5.32 Å². The SMILES string of the molecule is CCNCCCc1cc(C)nn2c(-c3c(C)cc(C)cc3C)nnc12. The Hall–Kier alpha value is -2.27. The van der Waals surface area contributed by atoms with E-state index in [-0.39, 0.29) is 0 Å². The van der Waals surface area contributed by atoms with Crippen LogP contribution in [0, 0.1) is 27.7 Å². The Bertz CT molecular complexity index is 871. The van der Waals surface area contributed by atoms with Crippen LogP contribution in [-0.4, -0.2) is 32.9 Å². The fraction of sp³-hybridized carbons (Fsp3) is 0.450. The van der Waals surface area contributed by atoms with E-state index in [1.165, 1.54) is 22.3 Å². The van der Waals surface area contributed by atoms with Crippen LogP contribution in [0.15, 0.2) is 18.2 Å². The van der Waals surface area contributed by atoms with Crippen LogP contribution >= 0.6 is 0 Å². The molecule has 5 heteroatoms. The van der Waals surface area contributed by atoms with Crippen LogP contribution in [0.3, 0.4) is 0 Å². The molecule has 0 aliphatic rings. The molecule has 5 nitrogen and oxygen atoms in total.